The number of rotatable bonds is 6. The molecule has 33 heavy (non-hydrogen) atoms. The summed E-state index contributed by atoms with van der Waals surface area (Å²) in [6.07, 6.45) is 2.57. The van der Waals surface area contributed by atoms with E-state index >= 15 is 0 Å². The Morgan fingerprint density at radius 3 is 2.58 bits per heavy atom. The molecule has 0 aliphatic carbocycles. The molecule has 166 valence electrons. The highest BCUT2D eigenvalue weighted by molar-refractivity contribution is 6.30. The molecule has 2 atom stereocenters. The molecular formula is C27H25ClN4O. The van der Waals surface area contributed by atoms with Gasteiger partial charge in [-0.1, -0.05) is 72.3 Å². The van der Waals surface area contributed by atoms with E-state index in [1.165, 1.54) is 0 Å². The maximum absolute atomic E-state index is 13.6. The Balaban J connectivity index is 1.44. The Bertz CT molecular complexity index is 1300. The van der Waals surface area contributed by atoms with E-state index in [-0.39, 0.29) is 17.9 Å². The lowest BCUT2D eigenvalue weighted by atomic mass is 9.90. The summed E-state index contributed by atoms with van der Waals surface area (Å²) in [4.78, 5) is 16.9. The van der Waals surface area contributed by atoms with E-state index in [4.69, 9.17) is 16.7 Å². The maximum Gasteiger partial charge on any atom is 0.260 e. The molecule has 0 saturated carbocycles. The first-order valence-corrected chi connectivity index (χ1v) is 11.4. The smallest absolute Gasteiger partial charge is 0.260 e. The number of aromatic amines is 1. The van der Waals surface area contributed by atoms with Crippen molar-refractivity contribution in [1.82, 2.24) is 15.3 Å². The van der Waals surface area contributed by atoms with Crippen LogP contribution in [0.1, 0.15) is 22.6 Å². The number of likely N-dealkylation sites (N-methyl/N-ethyl adjacent to an activating group) is 1. The van der Waals surface area contributed by atoms with Gasteiger partial charge in [-0.15, -0.1) is 0 Å². The van der Waals surface area contributed by atoms with Crippen LogP contribution in [0.15, 0.2) is 90.2 Å². The van der Waals surface area contributed by atoms with E-state index in [0.29, 0.717) is 18.0 Å². The molecule has 0 radical (unpaired) electrons. The second-order valence-electron chi connectivity index (χ2n) is 8.28. The highest BCUT2D eigenvalue weighted by Crippen LogP contribution is 2.30. The first-order valence-electron chi connectivity index (χ1n) is 11.1. The van der Waals surface area contributed by atoms with Crippen LogP contribution >= 0.6 is 11.6 Å². The quantitative estimate of drug-likeness (QED) is 0.429. The number of carbonyl (C=O) groups is 1. The van der Waals surface area contributed by atoms with Crippen molar-refractivity contribution in [3.05, 3.63) is 107 Å². The first-order chi connectivity index (χ1) is 16.1. The number of para-hydroxylation sites is 1. The summed E-state index contributed by atoms with van der Waals surface area (Å²) >= 11 is 6.11. The van der Waals surface area contributed by atoms with Crippen LogP contribution in [-0.4, -0.2) is 41.2 Å². The van der Waals surface area contributed by atoms with Crippen LogP contribution in [-0.2, 0) is 11.2 Å². The Labute approximate surface area is 198 Å². The minimum absolute atomic E-state index is 0.00178. The molecular weight excluding hydrogens is 432 g/mol. The molecule has 3 aromatic carbocycles. The number of hydrazone groups is 1. The van der Waals surface area contributed by atoms with Gasteiger partial charge in [0.05, 0.1) is 18.3 Å². The molecule has 2 N–H and O–H groups in total. The molecule has 4 aromatic rings. The van der Waals surface area contributed by atoms with Gasteiger partial charge in [-0.3, -0.25) is 4.79 Å². The zero-order valence-corrected chi connectivity index (χ0v) is 19.1. The number of benzene rings is 3. The van der Waals surface area contributed by atoms with E-state index < -0.39 is 0 Å². The maximum atomic E-state index is 13.6. The van der Waals surface area contributed by atoms with Crippen LogP contribution in [0.3, 0.4) is 0 Å². The lowest BCUT2D eigenvalue weighted by Crippen LogP contribution is -2.44. The van der Waals surface area contributed by atoms with Crippen molar-refractivity contribution in [2.45, 2.75) is 18.4 Å². The molecule has 1 aliphatic heterocycles. The summed E-state index contributed by atoms with van der Waals surface area (Å²) in [6, 6.07) is 25.6. The fourth-order valence-electron chi connectivity index (χ4n) is 4.48. The van der Waals surface area contributed by atoms with Crippen LogP contribution in [0, 0.1) is 0 Å². The molecule has 1 aliphatic rings. The van der Waals surface area contributed by atoms with Crippen molar-refractivity contribution in [1.29, 1.82) is 0 Å². The van der Waals surface area contributed by atoms with Crippen molar-refractivity contribution in [2.75, 3.05) is 13.6 Å². The summed E-state index contributed by atoms with van der Waals surface area (Å²) in [7, 11) is 1.83. The number of aromatic nitrogens is 1. The van der Waals surface area contributed by atoms with Crippen LogP contribution in [0.5, 0.6) is 0 Å². The third kappa shape index (κ3) is 4.30. The van der Waals surface area contributed by atoms with E-state index in [0.717, 1.165) is 33.3 Å². The van der Waals surface area contributed by atoms with Gasteiger partial charge in [0.15, 0.2) is 0 Å². The number of carbonyl (C=O) groups excluding carboxylic acids is 1. The normalized spacial score (nSPS) is 16.7. The van der Waals surface area contributed by atoms with Crippen LogP contribution in [0.2, 0.25) is 5.02 Å². The van der Waals surface area contributed by atoms with Gasteiger partial charge < -0.3 is 10.3 Å². The number of amides is 1. The molecule has 6 heteroatoms. The summed E-state index contributed by atoms with van der Waals surface area (Å²) in [5, 5.41) is 11.5. The zero-order valence-electron chi connectivity index (χ0n) is 18.3. The average Bonchev–Trinajstić information content (AvgIpc) is 3.48. The molecule has 0 bridgehead atoms. The minimum Gasteiger partial charge on any atom is -0.361 e. The first kappa shape index (κ1) is 21.4. The molecule has 0 fully saturated rings. The molecule has 2 heterocycles. The van der Waals surface area contributed by atoms with Crippen LogP contribution in [0.4, 0.5) is 0 Å². The van der Waals surface area contributed by atoms with Gasteiger partial charge in [-0.25, -0.2) is 5.01 Å². The number of fused-ring (bicyclic) bond motifs is 1. The molecule has 2 unspecified atom stereocenters. The lowest BCUT2D eigenvalue weighted by molar-refractivity contribution is -0.132. The van der Waals surface area contributed by atoms with Gasteiger partial charge >= 0.3 is 0 Å². The van der Waals surface area contributed by atoms with Crippen LogP contribution in [0.25, 0.3) is 10.9 Å². The summed E-state index contributed by atoms with van der Waals surface area (Å²) < 4.78 is 0. The Morgan fingerprint density at radius 2 is 1.82 bits per heavy atom. The van der Waals surface area contributed by atoms with Crippen molar-refractivity contribution in [3.63, 3.8) is 0 Å². The minimum atomic E-state index is -0.381. The molecule has 0 saturated heterocycles. The van der Waals surface area contributed by atoms with Gasteiger partial charge in [-0.05, 0) is 48.4 Å². The predicted octanol–water partition coefficient (Wildman–Crippen LogP) is 4.98. The monoisotopic (exact) mass is 456 g/mol. The second-order valence-corrected chi connectivity index (χ2v) is 8.72. The molecule has 1 amide bonds. The molecule has 5 rings (SSSR count). The number of hydrogen-bond donors (Lipinski definition) is 2. The van der Waals surface area contributed by atoms with E-state index in [2.05, 4.69) is 28.5 Å². The van der Waals surface area contributed by atoms with Crippen molar-refractivity contribution in [2.24, 2.45) is 5.10 Å². The Kier molecular flexibility index (Phi) is 5.99. The fourth-order valence-corrected chi connectivity index (χ4v) is 4.61. The number of hydrogen-bond acceptors (Lipinski definition) is 3. The Hall–Kier alpha value is -3.41. The van der Waals surface area contributed by atoms with Gasteiger partial charge in [0.25, 0.3) is 5.91 Å². The average molecular weight is 457 g/mol. The number of nitrogens with one attached hydrogen (secondary N) is 2. The zero-order chi connectivity index (χ0) is 22.8. The predicted molar refractivity (Wildman–Crippen MR) is 134 cm³/mol. The summed E-state index contributed by atoms with van der Waals surface area (Å²) in [5.41, 5.74) is 5.18. The highest BCUT2D eigenvalue weighted by atomic mass is 35.5. The van der Waals surface area contributed by atoms with Gasteiger partial charge in [0.1, 0.15) is 0 Å². The summed E-state index contributed by atoms with van der Waals surface area (Å²) in [5.74, 6) is -0.0328. The lowest BCUT2D eigenvalue weighted by Gasteiger charge is -2.21. The number of H-pyrrole nitrogens is 1. The Morgan fingerprint density at radius 1 is 1.09 bits per heavy atom. The van der Waals surface area contributed by atoms with Gasteiger partial charge in [-0.2, -0.15) is 5.10 Å². The third-order valence-corrected chi connectivity index (χ3v) is 6.51. The third-order valence-electron chi connectivity index (χ3n) is 6.26. The van der Waals surface area contributed by atoms with Gasteiger partial charge in [0, 0.05) is 28.0 Å². The van der Waals surface area contributed by atoms with E-state index in [9.17, 15) is 4.79 Å². The van der Waals surface area contributed by atoms with E-state index in [1.54, 1.807) is 5.01 Å². The SMILES string of the molecule is CNC(Cc1c[nH]c2ccccc12)C(=O)N1CC(c2ccccc2)C(c2ccc(Cl)cc2)=N1. The second kappa shape index (κ2) is 9.22. The molecule has 1 aromatic heterocycles. The van der Waals surface area contributed by atoms with Crippen molar-refractivity contribution >= 4 is 34.1 Å². The van der Waals surface area contributed by atoms with E-state index in [1.807, 2.05) is 73.9 Å². The van der Waals surface area contributed by atoms with Crippen molar-refractivity contribution < 1.29 is 4.79 Å². The largest absolute Gasteiger partial charge is 0.361 e. The highest BCUT2D eigenvalue weighted by Gasteiger charge is 2.35. The van der Waals surface area contributed by atoms with Gasteiger partial charge in [0.2, 0.25) is 0 Å². The topological polar surface area (TPSA) is 60.5 Å². The summed E-state index contributed by atoms with van der Waals surface area (Å²) in [6.45, 7) is 0.507. The fraction of sp³-hybridized carbons (Fsp3) is 0.185. The molecule has 0 spiro atoms. The number of nitrogens with zero attached hydrogens (tertiary/aromatic N) is 2. The molecule has 5 nitrogen and oxygen atoms in total. The number of halogens is 1. The van der Waals surface area contributed by atoms with Crippen LogP contribution < -0.4 is 5.32 Å². The van der Waals surface area contributed by atoms with Crippen molar-refractivity contribution in [3.8, 4) is 0 Å². The standard InChI is InChI=1S/C27H25ClN4O/c1-29-25(15-20-16-30-24-10-6-5-9-22(20)24)27(33)32-17-23(18-7-3-2-4-8-18)26(31-32)19-11-13-21(28)14-12-19/h2-14,16,23,25,29-30H,15,17H2,1H3.